The normalized spacial score (nSPS) is 14.9. The van der Waals surface area contributed by atoms with Gasteiger partial charge < -0.3 is 26.1 Å². The van der Waals surface area contributed by atoms with Crippen molar-refractivity contribution in [1.29, 1.82) is 5.41 Å². The maximum Gasteiger partial charge on any atom is 0.471 e. The van der Waals surface area contributed by atoms with Gasteiger partial charge in [0, 0.05) is 36.0 Å². The molecule has 1 atom stereocenters. The van der Waals surface area contributed by atoms with Crippen molar-refractivity contribution in [3.05, 3.63) is 38.9 Å². The van der Waals surface area contributed by atoms with Gasteiger partial charge in [0.05, 0.1) is 16.6 Å². The average molecular weight is 484 g/mol. The van der Waals surface area contributed by atoms with Crippen molar-refractivity contribution in [2.75, 3.05) is 5.73 Å². The standard InChI is InChI=1S/C22H24F4N4O4/c1-8(2)13(29-21(34)22(24,25)26)6-12(27)14-9(3)18-15(17(28)16(14)23)19(31)11(20(32)33)7-30(18)10-4-5-10/h7-8,10,13,27H,4-6,28H2,1-3H3,(H,29,34)(H,32,33)/t13-/m0/s1. The summed E-state index contributed by atoms with van der Waals surface area (Å²) >= 11 is 0. The summed E-state index contributed by atoms with van der Waals surface area (Å²) < 4.78 is 55.1. The van der Waals surface area contributed by atoms with Crippen LogP contribution in [-0.4, -0.2) is 39.5 Å². The molecule has 3 rings (SSSR count). The van der Waals surface area contributed by atoms with E-state index in [-0.39, 0.29) is 28.1 Å². The van der Waals surface area contributed by atoms with E-state index in [1.807, 2.05) is 5.32 Å². The number of hydrogen-bond donors (Lipinski definition) is 4. The summed E-state index contributed by atoms with van der Waals surface area (Å²) in [6.07, 6.45) is -2.99. The van der Waals surface area contributed by atoms with Crippen molar-refractivity contribution >= 4 is 34.2 Å². The number of nitrogens with zero attached hydrogens (tertiary/aromatic N) is 1. The molecule has 0 aliphatic heterocycles. The highest BCUT2D eigenvalue weighted by molar-refractivity contribution is 6.08. The molecule has 0 unspecified atom stereocenters. The second kappa shape index (κ2) is 8.73. The number of nitrogen functional groups attached to an aromatic ring is 1. The number of aromatic nitrogens is 1. The van der Waals surface area contributed by atoms with Gasteiger partial charge in [-0.25, -0.2) is 9.18 Å². The van der Waals surface area contributed by atoms with Gasteiger partial charge in [0.1, 0.15) is 5.56 Å². The SMILES string of the molecule is Cc1c(C(=N)C[C@H](NC(=O)C(F)(F)F)C(C)C)c(F)c(N)c2c(=O)c(C(=O)O)cn(C3CC3)c12. The number of carboxylic acid groups (broad SMARTS) is 1. The number of halogens is 4. The quantitative estimate of drug-likeness (QED) is 0.271. The molecule has 1 aromatic carbocycles. The Morgan fingerprint density at radius 1 is 1.32 bits per heavy atom. The number of benzene rings is 1. The Bertz CT molecular complexity index is 1260. The fourth-order valence-corrected chi connectivity index (χ4v) is 3.97. The van der Waals surface area contributed by atoms with Crippen molar-refractivity contribution in [1.82, 2.24) is 9.88 Å². The van der Waals surface area contributed by atoms with Crippen molar-refractivity contribution in [3.8, 4) is 0 Å². The van der Waals surface area contributed by atoms with Crippen LogP contribution in [0.5, 0.6) is 0 Å². The first kappa shape index (κ1) is 25.2. The van der Waals surface area contributed by atoms with E-state index in [1.165, 1.54) is 17.7 Å². The van der Waals surface area contributed by atoms with E-state index in [2.05, 4.69) is 0 Å². The van der Waals surface area contributed by atoms with E-state index >= 15 is 4.39 Å². The molecule has 1 aliphatic carbocycles. The van der Waals surface area contributed by atoms with Crippen LogP contribution in [0.2, 0.25) is 0 Å². The van der Waals surface area contributed by atoms with Crippen LogP contribution in [0, 0.1) is 24.1 Å². The van der Waals surface area contributed by atoms with Crippen molar-refractivity contribution in [2.24, 2.45) is 5.92 Å². The minimum atomic E-state index is -5.12. The first-order valence-electron chi connectivity index (χ1n) is 10.5. The summed E-state index contributed by atoms with van der Waals surface area (Å²) in [6.45, 7) is 4.53. The minimum absolute atomic E-state index is 0.136. The molecule has 0 bridgehead atoms. The molecule has 12 heteroatoms. The Morgan fingerprint density at radius 3 is 2.38 bits per heavy atom. The van der Waals surface area contributed by atoms with Crippen LogP contribution in [0.4, 0.5) is 23.2 Å². The topological polar surface area (TPSA) is 138 Å². The molecule has 34 heavy (non-hydrogen) atoms. The van der Waals surface area contributed by atoms with Gasteiger partial charge in [-0.2, -0.15) is 13.2 Å². The zero-order chi connectivity index (χ0) is 25.7. The zero-order valence-corrected chi connectivity index (χ0v) is 18.6. The number of aryl methyl sites for hydroxylation is 1. The molecular formula is C22H24F4N4O4. The monoisotopic (exact) mass is 484 g/mol. The van der Waals surface area contributed by atoms with Gasteiger partial charge in [0.25, 0.3) is 0 Å². The second-order valence-corrected chi connectivity index (χ2v) is 8.77. The number of anilines is 1. The van der Waals surface area contributed by atoms with E-state index in [0.717, 1.165) is 0 Å². The highest BCUT2D eigenvalue weighted by Crippen LogP contribution is 2.40. The number of carbonyl (C=O) groups is 2. The zero-order valence-electron chi connectivity index (χ0n) is 18.6. The number of nitrogens with one attached hydrogen (secondary N) is 2. The van der Waals surface area contributed by atoms with E-state index < -0.39 is 64.6 Å². The third-order valence-corrected chi connectivity index (χ3v) is 5.97. The number of aromatic carboxylic acids is 1. The number of nitrogens with two attached hydrogens (primary N) is 1. The Kier molecular flexibility index (Phi) is 6.47. The largest absolute Gasteiger partial charge is 0.477 e. The van der Waals surface area contributed by atoms with Gasteiger partial charge in [-0.1, -0.05) is 13.8 Å². The third kappa shape index (κ3) is 4.48. The lowest BCUT2D eigenvalue weighted by molar-refractivity contribution is -0.174. The van der Waals surface area contributed by atoms with E-state index in [9.17, 15) is 32.7 Å². The number of hydrogen-bond acceptors (Lipinski definition) is 5. The molecule has 1 amide bonds. The van der Waals surface area contributed by atoms with Gasteiger partial charge in [0.2, 0.25) is 5.43 Å². The highest BCUT2D eigenvalue weighted by Gasteiger charge is 2.40. The highest BCUT2D eigenvalue weighted by atomic mass is 19.4. The first-order chi connectivity index (χ1) is 15.7. The Labute approximate surface area is 191 Å². The summed E-state index contributed by atoms with van der Waals surface area (Å²) in [6, 6.07) is -1.27. The molecule has 1 aliphatic rings. The molecule has 1 heterocycles. The van der Waals surface area contributed by atoms with Crippen LogP contribution >= 0.6 is 0 Å². The van der Waals surface area contributed by atoms with E-state index in [4.69, 9.17) is 11.1 Å². The molecule has 2 aromatic rings. The smallest absolute Gasteiger partial charge is 0.471 e. The minimum Gasteiger partial charge on any atom is -0.477 e. The number of alkyl halides is 3. The van der Waals surface area contributed by atoms with E-state index in [0.29, 0.717) is 12.8 Å². The molecule has 184 valence electrons. The molecule has 0 saturated heterocycles. The molecule has 1 fully saturated rings. The fourth-order valence-electron chi connectivity index (χ4n) is 3.97. The van der Waals surface area contributed by atoms with Crippen LogP contribution in [0.1, 0.15) is 60.6 Å². The van der Waals surface area contributed by atoms with Crippen LogP contribution in [0.15, 0.2) is 11.0 Å². The summed E-state index contributed by atoms with van der Waals surface area (Å²) in [5.74, 6) is -5.31. The molecular weight excluding hydrogens is 460 g/mol. The lowest BCUT2D eigenvalue weighted by Crippen LogP contribution is -2.46. The maximum absolute atomic E-state index is 15.4. The molecule has 5 N–H and O–H groups in total. The lowest BCUT2D eigenvalue weighted by Gasteiger charge is -2.25. The van der Waals surface area contributed by atoms with E-state index in [1.54, 1.807) is 13.8 Å². The Hall–Kier alpha value is -3.44. The van der Waals surface area contributed by atoms with Crippen LogP contribution in [0.3, 0.4) is 0 Å². The summed E-state index contributed by atoms with van der Waals surface area (Å²) in [4.78, 5) is 35.8. The van der Waals surface area contributed by atoms with Crippen molar-refractivity contribution in [2.45, 2.75) is 58.3 Å². The third-order valence-electron chi connectivity index (χ3n) is 5.97. The molecule has 1 aromatic heterocycles. The summed E-state index contributed by atoms with van der Waals surface area (Å²) in [5, 5.41) is 19.4. The summed E-state index contributed by atoms with van der Waals surface area (Å²) in [5.41, 5.74) is 3.35. The second-order valence-electron chi connectivity index (χ2n) is 8.77. The first-order valence-corrected chi connectivity index (χ1v) is 10.5. The van der Waals surface area contributed by atoms with Crippen LogP contribution < -0.4 is 16.5 Å². The molecule has 1 saturated carbocycles. The van der Waals surface area contributed by atoms with Gasteiger partial charge in [0.15, 0.2) is 5.82 Å². The van der Waals surface area contributed by atoms with Crippen molar-refractivity contribution < 1.29 is 32.3 Å². The van der Waals surface area contributed by atoms with Gasteiger partial charge >= 0.3 is 18.1 Å². The van der Waals surface area contributed by atoms with Gasteiger partial charge in [-0.05, 0) is 31.2 Å². The molecule has 0 spiro atoms. The number of amides is 1. The van der Waals surface area contributed by atoms with Crippen LogP contribution in [0.25, 0.3) is 10.9 Å². The molecule has 8 nitrogen and oxygen atoms in total. The van der Waals surface area contributed by atoms with Gasteiger partial charge in [-0.15, -0.1) is 0 Å². The predicted molar refractivity (Wildman–Crippen MR) is 117 cm³/mol. The lowest BCUT2D eigenvalue weighted by atomic mass is 9.90. The summed E-state index contributed by atoms with van der Waals surface area (Å²) in [7, 11) is 0. The van der Waals surface area contributed by atoms with Gasteiger partial charge in [-0.3, -0.25) is 9.59 Å². The number of pyridine rings is 1. The van der Waals surface area contributed by atoms with Crippen molar-refractivity contribution in [3.63, 3.8) is 0 Å². The van der Waals surface area contributed by atoms with Crippen LogP contribution in [-0.2, 0) is 4.79 Å². The number of carboxylic acids is 1. The number of rotatable bonds is 7. The number of carbonyl (C=O) groups excluding carboxylic acids is 1. The predicted octanol–water partition coefficient (Wildman–Crippen LogP) is 3.53. The Morgan fingerprint density at radius 2 is 1.91 bits per heavy atom. The molecule has 0 radical (unpaired) electrons. The average Bonchev–Trinajstić information content (AvgIpc) is 3.55. The maximum atomic E-state index is 15.4. The Balaban J connectivity index is 2.16. The fraction of sp³-hybridized carbons (Fsp3) is 0.455. The number of fused-ring (bicyclic) bond motifs is 1.